The largest absolute Gasteiger partial charge is 0.392 e. The van der Waals surface area contributed by atoms with E-state index < -0.39 is 17.5 Å². The SMILES string of the molecule is O=C(c1ccc(F)cc1F)N1CCN(C[C@H](O)CC2CCCC2)CC1. The van der Waals surface area contributed by atoms with Gasteiger partial charge in [0.25, 0.3) is 5.91 Å². The van der Waals surface area contributed by atoms with E-state index in [0.29, 0.717) is 38.6 Å². The predicted molar refractivity (Wildman–Crippen MR) is 91.3 cm³/mol. The van der Waals surface area contributed by atoms with Crippen LogP contribution in [-0.2, 0) is 0 Å². The highest BCUT2D eigenvalue weighted by Gasteiger charge is 2.26. The second kappa shape index (κ2) is 8.23. The molecule has 1 aromatic carbocycles. The van der Waals surface area contributed by atoms with Crippen molar-refractivity contribution in [2.45, 2.75) is 38.2 Å². The standard InChI is InChI=1S/C19H26F2N2O2/c20-15-5-6-17(18(21)12-15)19(25)23-9-7-22(8-10-23)13-16(24)11-14-3-1-2-4-14/h5-6,12,14,16,24H,1-4,7-11,13H2/t16-/m1/s1. The van der Waals surface area contributed by atoms with Crippen molar-refractivity contribution in [1.29, 1.82) is 0 Å². The number of piperazine rings is 1. The van der Waals surface area contributed by atoms with Gasteiger partial charge in [0, 0.05) is 38.8 Å². The van der Waals surface area contributed by atoms with E-state index in [1.54, 1.807) is 4.90 Å². The summed E-state index contributed by atoms with van der Waals surface area (Å²) in [4.78, 5) is 16.1. The van der Waals surface area contributed by atoms with Crippen LogP contribution in [0.25, 0.3) is 0 Å². The highest BCUT2D eigenvalue weighted by molar-refractivity contribution is 5.94. The molecule has 1 atom stereocenters. The van der Waals surface area contributed by atoms with Crippen molar-refractivity contribution in [3.63, 3.8) is 0 Å². The van der Waals surface area contributed by atoms with E-state index in [0.717, 1.165) is 18.6 Å². The molecule has 0 aromatic heterocycles. The molecule has 25 heavy (non-hydrogen) atoms. The minimum atomic E-state index is -0.820. The molecule has 3 rings (SSSR count). The Morgan fingerprint density at radius 1 is 1.16 bits per heavy atom. The van der Waals surface area contributed by atoms with E-state index in [1.807, 2.05) is 0 Å². The van der Waals surface area contributed by atoms with Crippen molar-refractivity contribution >= 4 is 5.91 Å². The maximum Gasteiger partial charge on any atom is 0.256 e. The first-order valence-corrected chi connectivity index (χ1v) is 9.17. The summed E-state index contributed by atoms with van der Waals surface area (Å²) >= 11 is 0. The van der Waals surface area contributed by atoms with Crippen molar-refractivity contribution < 1.29 is 18.7 Å². The highest BCUT2D eigenvalue weighted by atomic mass is 19.1. The van der Waals surface area contributed by atoms with Crippen LogP contribution in [0.15, 0.2) is 18.2 Å². The monoisotopic (exact) mass is 352 g/mol. The third-order valence-electron chi connectivity index (χ3n) is 5.37. The number of halogens is 2. The van der Waals surface area contributed by atoms with Crippen LogP contribution >= 0.6 is 0 Å². The van der Waals surface area contributed by atoms with Gasteiger partial charge in [-0.05, 0) is 24.5 Å². The molecule has 1 N–H and O–H groups in total. The molecule has 1 saturated carbocycles. The van der Waals surface area contributed by atoms with Crippen LogP contribution in [0.3, 0.4) is 0 Å². The molecule has 2 fully saturated rings. The molecule has 138 valence electrons. The smallest absolute Gasteiger partial charge is 0.256 e. The van der Waals surface area contributed by atoms with Crippen LogP contribution in [0, 0.1) is 17.6 Å². The lowest BCUT2D eigenvalue weighted by molar-refractivity contribution is 0.0479. The van der Waals surface area contributed by atoms with Crippen LogP contribution in [0.5, 0.6) is 0 Å². The molecular weight excluding hydrogens is 326 g/mol. The van der Waals surface area contributed by atoms with Gasteiger partial charge in [-0.25, -0.2) is 8.78 Å². The number of aliphatic hydroxyl groups excluding tert-OH is 1. The number of benzene rings is 1. The Kier molecular flexibility index (Phi) is 6.02. The first-order chi connectivity index (χ1) is 12.0. The van der Waals surface area contributed by atoms with Crippen molar-refractivity contribution in [3.05, 3.63) is 35.4 Å². The second-order valence-electron chi connectivity index (χ2n) is 7.26. The molecule has 1 aliphatic carbocycles. The van der Waals surface area contributed by atoms with E-state index in [1.165, 1.54) is 31.7 Å². The van der Waals surface area contributed by atoms with E-state index >= 15 is 0 Å². The molecule has 0 spiro atoms. The summed E-state index contributed by atoms with van der Waals surface area (Å²) in [7, 11) is 0. The summed E-state index contributed by atoms with van der Waals surface area (Å²) in [6.07, 6.45) is 5.54. The lowest BCUT2D eigenvalue weighted by Crippen LogP contribution is -2.50. The summed E-state index contributed by atoms with van der Waals surface area (Å²) in [5.41, 5.74) is -0.0869. The van der Waals surface area contributed by atoms with Crippen LogP contribution in [0.2, 0.25) is 0 Å². The van der Waals surface area contributed by atoms with Crippen LogP contribution < -0.4 is 0 Å². The number of nitrogens with zero attached hydrogens (tertiary/aromatic N) is 2. The van der Waals surface area contributed by atoms with Gasteiger partial charge in [-0.3, -0.25) is 9.69 Å². The zero-order valence-corrected chi connectivity index (χ0v) is 14.5. The van der Waals surface area contributed by atoms with Gasteiger partial charge in [0.05, 0.1) is 11.7 Å². The summed E-state index contributed by atoms with van der Waals surface area (Å²) in [5.74, 6) is -1.25. The van der Waals surface area contributed by atoms with Crippen molar-refractivity contribution in [3.8, 4) is 0 Å². The molecule has 1 saturated heterocycles. The Morgan fingerprint density at radius 3 is 2.48 bits per heavy atom. The second-order valence-corrected chi connectivity index (χ2v) is 7.26. The number of aliphatic hydroxyl groups is 1. The normalized spacial score (nSPS) is 20.8. The van der Waals surface area contributed by atoms with Gasteiger partial charge in [0.2, 0.25) is 0 Å². The maximum atomic E-state index is 13.8. The lowest BCUT2D eigenvalue weighted by Gasteiger charge is -2.36. The molecular formula is C19H26F2N2O2. The Morgan fingerprint density at radius 2 is 1.84 bits per heavy atom. The lowest BCUT2D eigenvalue weighted by atomic mass is 9.99. The number of carbonyl (C=O) groups excluding carboxylic acids is 1. The van der Waals surface area contributed by atoms with Crippen molar-refractivity contribution in [2.24, 2.45) is 5.92 Å². The first kappa shape index (κ1) is 18.3. The van der Waals surface area contributed by atoms with E-state index in [2.05, 4.69) is 4.90 Å². The summed E-state index contributed by atoms with van der Waals surface area (Å²) in [5, 5.41) is 10.3. The minimum Gasteiger partial charge on any atom is -0.392 e. The average molecular weight is 352 g/mol. The van der Waals surface area contributed by atoms with Crippen LogP contribution in [0.4, 0.5) is 8.78 Å². The van der Waals surface area contributed by atoms with Gasteiger partial charge in [-0.1, -0.05) is 25.7 Å². The number of rotatable bonds is 5. The van der Waals surface area contributed by atoms with Gasteiger partial charge >= 0.3 is 0 Å². The highest BCUT2D eigenvalue weighted by Crippen LogP contribution is 2.28. The molecule has 1 aromatic rings. The third-order valence-corrected chi connectivity index (χ3v) is 5.37. The molecule has 2 aliphatic rings. The Labute approximate surface area is 147 Å². The quantitative estimate of drug-likeness (QED) is 0.886. The topological polar surface area (TPSA) is 43.8 Å². The number of carbonyl (C=O) groups is 1. The summed E-state index contributed by atoms with van der Waals surface area (Å²) in [6, 6.07) is 3.04. The third kappa shape index (κ3) is 4.76. The zero-order chi connectivity index (χ0) is 17.8. The van der Waals surface area contributed by atoms with Gasteiger partial charge in [-0.2, -0.15) is 0 Å². The first-order valence-electron chi connectivity index (χ1n) is 9.17. The summed E-state index contributed by atoms with van der Waals surface area (Å²) in [6.45, 7) is 2.94. The van der Waals surface area contributed by atoms with E-state index in [9.17, 15) is 18.7 Å². The Bertz CT molecular complexity index is 597. The molecule has 0 bridgehead atoms. The van der Waals surface area contributed by atoms with Crippen molar-refractivity contribution in [1.82, 2.24) is 9.80 Å². The van der Waals surface area contributed by atoms with Crippen molar-refractivity contribution in [2.75, 3.05) is 32.7 Å². The van der Waals surface area contributed by atoms with Crippen LogP contribution in [-0.4, -0.2) is 59.6 Å². The van der Waals surface area contributed by atoms with Crippen LogP contribution in [0.1, 0.15) is 42.5 Å². The average Bonchev–Trinajstić information content (AvgIpc) is 3.08. The van der Waals surface area contributed by atoms with Gasteiger partial charge in [0.1, 0.15) is 11.6 Å². The number of hydrogen-bond donors (Lipinski definition) is 1. The molecule has 1 heterocycles. The minimum absolute atomic E-state index is 0.0869. The predicted octanol–water partition coefficient (Wildman–Crippen LogP) is 2.66. The molecule has 6 heteroatoms. The maximum absolute atomic E-state index is 13.8. The number of amides is 1. The van der Waals surface area contributed by atoms with Gasteiger partial charge in [0.15, 0.2) is 0 Å². The van der Waals surface area contributed by atoms with E-state index in [-0.39, 0.29) is 11.7 Å². The molecule has 1 aliphatic heterocycles. The molecule has 0 radical (unpaired) electrons. The molecule has 1 amide bonds. The van der Waals surface area contributed by atoms with E-state index in [4.69, 9.17) is 0 Å². The van der Waals surface area contributed by atoms with Gasteiger partial charge in [-0.15, -0.1) is 0 Å². The fourth-order valence-corrected chi connectivity index (χ4v) is 3.97. The Balaban J connectivity index is 1.47. The number of β-amino-alcohol motifs (C(OH)–C–C–N with tert-alkyl or cyclic N) is 1. The fourth-order valence-electron chi connectivity index (χ4n) is 3.97. The summed E-state index contributed by atoms with van der Waals surface area (Å²) < 4.78 is 26.7. The Hall–Kier alpha value is -1.53. The zero-order valence-electron chi connectivity index (χ0n) is 14.5. The molecule has 0 unspecified atom stereocenters. The fraction of sp³-hybridized carbons (Fsp3) is 0.632. The van der Waals surface area contributed by atoms with Gasteiger partial charge < -0.3 is 10.0 Å². The number of hydrogen-bond acceptors (Lipinski definition) is 3. The molecule has 4 nitrogen and oxygen atoms in total.